The van der Waals surface area contributed by atoms with Gasteiger partial charge in [0.25, 0.3) is 0 Å². The maximum absolute atomic E-state index is 13.0. The number of Topliss-reactive ketones (excluding diaryl/α,β-unsaturated/α-hetero) is 1. The number of carbonyl (C=O) groups excluding carboxylic acids is 1. The lowest BCUT2D eigenvalue weighted by Crippen LogP contribution is -2.42. The Hall–Kier alpha value is -2.00. The Morgan fingerprint density at radius 1 is 1.05 bits per heavy atom. The predicted octanol–water partition coefficient (Wildman–Crippen LogP) is 2.94. The minimum atomic E-state index is -0.400. The van der Waals surface area contributed by atoms with Crippen molar-refractivity contribution in [3.63, 3.8) is 0 Å². The smallest absolute Gasteiger partial charge is 0.147 e. The number of rotatable bonds is 4. The summed E-state index contributed by atoms with van der Waals surface area (Å²) in [6.07, 6.45) is 5.46. The highest BCUT2D eigenvalue weighted by molar-refractivity contribution is 5.92. The third-order valence-electron chi connectivity index (χ3n) is 4.32. The molecule has 0 saturated carbocycles. The first-order valence-corrected chi connectivity index (χ1v) is 7.37. The van der Waals surface area contributed by atoms with Crippen LogP contribution < -0.4 is 0 Å². The van der Waals surface area contributed by atoms with Gasteiger partial charge in [-0.1, -0.05) is 30.3 Å². The van der Waals surface area contributed by atoms with Crippen LogP contribution in [0, 0.1) is 0 Å². The summed E-state index contributed by atoms with van der Waals surface area (Å²) in [5.41, 5.74) is 1.74. The normalized spacial score (nSPS) is 17.3. The Labute approximate surface area is 125 Å². The molecule has 0 amide bonds. The van der Waals surface area contributed by atoms with E-state index in [1.165, 1.54) is 0 Å². The summed E-state index contributed by atoms with van der Waals surface area (Å²) in [4.78, 5) is 17.0. The first-order chi connectivity index (χ1) is 10.3. The standard InChI is InChI=1S/C18H19NO2/c20-17(14-15-6-10-19-11-7-15)18(8-12-21-13-9-18)16-4-2-1-3-5-16/h1-7,10-11H,8-9,12-14H2. The van der Waals surface area contributed by atoms with E-state index in [1.807, 2.05) is 30.3 Å². The summed E-state index contributed by atoms with van der Waals surface area (Å²) in [6, 6.07) is 14.0. The number of nitrogens with zero attached hydrogens (tertiary/aromatic N) is 1. The largest absolute Gasteiger partial charge is 0.381 e. The van der Waals surface area contributed by atoms with Crippen LogP contribution in [0.2, 0.25) is 0 Å². The van der Waals surface area contributed by atoms with Crippen molar-refractivity contribution < 1.29 is 9.53 Å². The Kier molecular flexibility index (Phi) is 4.11. The molecule has 3 rings (SSSR count). The maximum Gasteiger partial charge on any atom is 0.147 e. The fourth-order valence-electron chi connectivity index (χ4n) is 3.06. The quantitative estimate of drug-likeness (QED) is 0.865. The van der Waals surface area contributed by atoms with Crippen molar-refractivity contribution in [2.45, 2.75) is 24.7 Å². The van der Waals surface area contributed by atoms with Gasteiger partial charge in [0, 0.05) is 32.0 Å². The molecule has 0 bridgehead atoms. The molecule has 1 aromatic carbocycles. The molecule has 1 aliphatic rings. The van der Waals surface area contributed by atoms with Crippen molar-refractivity contribution in [1.82, 2.24) is 4.98 Å². The molecule has 3 nitrogen and oxygen atoms in total. The molecular weight excluding hydrogens is 262 g/mol. The Morgan fingerprint density at radius 3 is 2.38 bits per heavy atom. The van der Waals surface area contributed by atoms with E-state index in [0.717, 1.165) is 24.0 Å². The number of benzene rings is 1. The van der Waals surface area contributed by atoms with Gasteiger partial charge in [0.05, 0.1) is 5.41 Å². The van der Waals surface area contributed by atoms with Gasteiger partial charge >= 0.3 is 0 Å². The van der Waals surface area contributed by atoms with E-state index in [4.69, 9.17) is 4.74 Å². The van der Waals surface area contributed by atoms with Gasteiger partial charge in [-0.05, 0) is 36.1 Å². The second kappa shape index (κ2) is 6.19. The van der Waals surface area contributed by atoms with Gasteiger partial charge in [0.2, 0.25) is 0 Å². The molecule has 108 valence electrons. The Morgan fingerprint density at radius 2 is 1.71 bits per heavy atom. The van der Waals surface area contributed by atoms with E-state index >= 15 is 0 Å². The summed E-state index contributed by atoms with van der Waals surface area (Å²) < 4.78 is 5.48. The van der Waals surface area contributed by atoms with Crippen molar-refractivity contribution >= 4 is 5.78 Å². The zero-order valence-corrected chi connectivity index (χ0v) is 12.0. The molecule has 2 aromatic rings. The van der Waals surface area contributed by atoms with E-state index in [2.05, 4.69) is 17.1 Å². The van der Waals surface area contributed by atoms with Crippen molar-refractivity contribution in [3.05, 3.63) is 66.0 Å². The number of carbonyl (C=O) groups is 1. The van der Waals surface area contributed by atoms with E-state index < -0.39 is 5.41 Å². The van der Waals surface area contributed by atoms with Crippen LogP contribution in [0.15, 0.2) is 54.9 Å². The highest BCUT2D eigenvalue weighted by atomic mass is 16.5. The average molecular weight is 281 g/mol. The fraction of sp³-hybridized carbons (Fsp3) is 0.333. The number of ether oxygens (including phenoxy) is 1. The number of ketones is 1. The third-order valence-corrected chi connectivity index (χ3v) is 4.32. The minimum absolute atomic E-state index is 0.281. The Balaban J connectivity index is 1.90. The van der Waals surface area contributed by atoms with Crippen LogP contribution >= 0.6 is 0 Å². The molecule has 1 saturated heterocycles. The lowest BCUT2D eigenvalue weighted by molar-refractivity contribution is -0.127. The molecule has 2 heterocycles. The summed E-state index contributed by atoms with van der Waals surface area (Å²) in [7, 11) is 0. The number of pyridine rings is 1. The average Bonchev–Trinajstić information content (AvgIpc) is 2.57. The monoisotopic (exact) mass is 281 g/mol. The SMILES string of the molecule is O=C(Cc1ccncc1)C1(c2ccccc2)CCOCC1. The van der Waals surface area contributed by atoms with Crippen LogP contribution in [-0.2, 0) is 21.4 Å². The van der Waals surface area contributed by atoms with E-state index in [0.29, 0.717) is 19.6 Å². The van der Waals surface area contributed by atoms with Gasteiger partial charge in [0.1, 0.15) is 5.78 Å². The molecule has 0 atom stereocenters. The molecule has 1 fully saturated rings. The summed E-state index contributed by atoms with van der Waals surface area (Å²) in [5.74, 6) is 0.281. The van der Waals surface area contributed by atoms with Crippen molar-refractivity contribution in [2.75, 3.05) is 13.2 Å². The summed E-state index contributed by atoms with van der Waals surface area (Å²) in [5, 5.41) is 0. The van der Waals surface area contributed by atoms with Crippen molar-refractivity contribution in [1.29, 1.82) is 0 Å². The zero-order chi connectivity index (χ0) is 14.5. The molecule has 1 aromatic heterocycles. The number of hydrogen-bond donors (Lipinski definition) is 0. The molecule has 0 unspecified atom stereocenters. The third kappa shape index (κ3) is 2.88. The minimum Gasteiger partial charge on any atom is -0.381 e. The lowest BCUT2D eigenvalue weighted by atomic mass is 9.69. The van der Waals surface area contributed by atoms with Crippen LogP contribution in [0.4, 0.5) is 0 Å². The predicted molar refractivity (Wildman–Crippen MR) is 81.1 cm³/mol. The van der Waals surface area contributed by atoms with E-state index in [-0.39, 0.29) is 5.78 Å². The van der Waals surface area contributed by atoms with Crippen LogP contribution in [-0.4, -0.2) is 24.0 Å². The molecular formula is C18H19NO2. The Bertz CT molecular complexity index is 589. The highest BCUT2D eigenvalue weighted by Crippen LogP contribution is 2.36. The van der Waals surface area contributed by atoms with E-state index in [1.54, 1.807) is 12.4 Å². The van der Waals surface area contributed by atoms with Gasteiger partial charge in [-0.15, -0.1) is 0 Å². The van der Waals surface area contributed by atoms with Crippen LogP contribution in [0.1, 0.15) is 24.0 Å². The van der Waals surface area contributed by atoms with Crippen LogP contribution in [0.25, 0.3) is 0 Å². The topological polar surface area (TPSA) is 39.2 Å². The van der Waals surface area contributed by atoms with Crippen LogP contribution in [0.3, 0.4) is 0 Å². The molecule has 1 aliphatic heterocycles. The second-order valence-electron chi connectivity index (χ2n) is 5.52. The van der Waals surface area contributed by atoms with Gasteiger partial charge in [-0.3, -0.25) is 9.78 Å². The van der Waals surface area contributed by atoms with Gasteiger partial charge < -0.3 is 4.74 Å². The fourth-order valence-corrected chi connectivity index (χ4v) is 3.06. The molecule has 0 radical (unpaired) electrons. The molecule has 0 spiro atoms. The molecule has 3 heteroatoms. The highest BCUT2D eigenvalue weighted by Gasteiger charge is 2.40. The van der Waals surface area contributed by atoms with Crippen molar-refractivity contribution in [3.8, 4) is 0 Å². The van der Waals surface area contributed by atoms with Gasteiger partial charge in [-0.25, -0.2) is 0 Å². The zero-order valence-electron chi connectivity index (χ0n) is 12.0. The van der Waals surface area contributed by atoms with E-state index in [9.17, 15) is 4.79 Å². The number of aromatic nitrogens is 1. The summed E-state index contributed by atoms with van der Waals surface area (Å²) >= 11 is 0. The van der Waals surface area contributed by atoms with Crippen LogP contribution in [0.5, 0.6) is 0 Å². The first kappa shape index (κ1) is 14.0. The van der Waals surface area contributed by atoms with Crippen molar-refractivity contribution in [2.24, 2.45) is 0 Å². The number of hydrogen-bond acceptors (Lipinski definition) is 3. The lowest BCUT2D eigenvalue weighted by Gasteiger charge is -2.36. The van der Waals surface area contributed by atoms with Gasteiger partial charge in [0.15, 0.2) is 0 Å². The second-order valence-corrected chi connectivity index (χ2v) is 5.52. The first-order valence-electron chi connectivity index (χ1n) is 7.37. The van der Waals surface area contributed by atoms with Gasteiger partial charge in [-0.2, -0.15) is 0 Å². The molecule has 21 heavy (non-hydrogen) atoms. The maximum atomic E-state index is 13.0. The molecule has 0 N–H and O–H groups in total. The molecule has 0 aliphatic carbocycles. The summed E-state index contributed by atoms with van der Waals surface area (Å²) in [6.45, 7) is 1.30.